The fourth-order valence-corrected chi connectivity index (χ4v) is 4.89. The maximum atomic E-state index is 9.45. The second-order valence-corrected chi connectivity index (χ2v) is 10.1. The van der Waals surface area contributed by atoms with E-state index in [1.54, 1.807) is 19.2 Å². The molecule has 1 fully saturated rings. The average molecular weight is 552 g/mol. The van der Waals surface area contributed by atoms with E-state index in [2.05, 4.69) is 46.1 Å². The van der Waals surface area contributed by atoms with Crippen molar-refractivity contribution in [2.45, 2.75) is 53.1 Å². The van der Waals surface area contributed by atoms with E-state index in [4.69, 9.17) is 14.6 Å². The van der Waals surface area contributed by atoms with Gasteiger partial charge in [0, 0.05) is 49.6 Å². The van der Waals surface area contributed by atoms with Crippen LogP contribution >= 0.6 is 11.9 Å². The van der Waals surface area contributed by atoms with E-state index in [0.717, 1.165) is 49.4 Å². The number of nitrogens with one attached hydrogen (secondary N) is 1. The number of ether oxygens (including phenoxy) is 2. The number of methoxy groups -OCH3 is 1. The average Bonchev–Trinajstić information content (AvgIpc) is 3.46. The molecule has 2 aromatic carbocycles. The molecule has 0 saturated carbocycles. The van der Waals surface area contributed by atoms with Crippen LogP contribution in [-0.4, -0.2) is 62.5 Å². The van der Waals surface area contributed by atoms with Crippen molar-refractivity contribution < 1.29 is 9.47 Å². The zero-order valence-corrected chi connectivity index (χ0v) is 25.1. The number of hydrogen-bond donors (Lipinski definition) is 2. The van der Waals surface area contributed by atoms with Crippen molar-refractivity contribution in [3.63, 3.8) is 0 Å². The molecule has 0 atom stereocenters. The summed E-state index contributed by atoms with van der Waals surface area (Å²) in [4.78, 5) is 7.07. The van der Waals surface area contributed by atoms with Crippen molar-refractivity contribution in [3.05, 3.63) is 70.8 Å². The first-order valence-corrected chi connectivity index (χ1v) is 14.9. The molecule has 212 valence electrons. The number of nitrogens with two attached hydrogens (primary N) is 1. The number of aryl methyl sites for hydroxylation is 1. The first-order valence-electron chi connectivity index (χ1n) is 13.9. The van der Waals surface area contributed by atoms with E-state index in [-0.39, 0.29) is 6.10 Å². The first-order chi connectivity index (χ1) is 19.0. The Labute approximate surface area is 239 Å². The molecule has 7 nitrogen and oxygen atoms in total. The number of hydrogen-bond acceptors (Lipinski definition) is 8. The van der Waals surface area contributed by atoms with Crippen molar-refractivity contribution in [1.82, 2.24) is 10.2 Å². The highest BCUT2D eigenvalue weighted by molar-refractivity contribution is 7.97. The topological polar surface area (TPSA) is 95.9 Å². The fourth-order valence-electron chi connectivity index (χ4n) is 4.52. The van der Waals surface area contributed by atoms with Crippen LogP contribution in [0.25, 0.3) is 5.70 Å². The summed E-state index contributed by atoms with van der Waals surface area (Å²) in [6, 6.07) is 13.8. The van der Waals surface area contributed by atoms with E-state index < -0.39 is 0 Å². The number of nitrogens with zero attached hydrogens (tertiary/aromatic N) is 3. The minimum Gasteiger partial charge on any atom is -0.490 e. The summed E-state index contributed by atoms with van der Waals surface area (Å²) in [5.74, 6) is 2.05. The highest BCUT2D eigenvalue weighted by atomic mass is 32.2. The molecular weight excluding hydrogens is 506 g/mol. The Kier molecular flexibility index (Phi) is 14.7. The molecule has 0 radical (unpaired) electrons. The van der Waals surface area contributed by atoms with E-state index in [9.17, 15) is 5.26 Å². The Morgan fingerprint density at radius 1 is 1.21 bits per heavy atom. The van der Waals surface area contributed by atoms with Crippen LogP contribution in [0.15, 0.2) is 48.0 Å². The third-order valence-electron chi connectivity index (χ3n) is 6.33. The van der Waals surface area contributed by atoms with Gasteiger partial charge in [-0.1, -0.05) is 50.6 Å². The zero-order chi connectivity index (χ0) is 28.6. The summed E-state index contributed by atoms with van der Waals surface area (Å²) < 4.78 is 11.2. The molecule has 1 aliphatic heterocycles. The third-order valence-corrected chi connectivity index (χ3v) is 6.75. The van der Waals surface area contributed by atoms with Crippen LogP contribution in [0.2, 0.25) is 0 Å². The van der Waals surface area contributed by atoms with Crippen molar-refractivity contribution in [2.24, 2.45) is 10.1 Å². The monoisotopic (exact) mass is 551 g/mol. The highest BCUT2D eigenvalue weighted by Gasteiger charge is 2.17. The van der Waals surface area contributed by atoms with Crippen molar-refractivity contribution in [3.8, 4) is 11.8 Å². The predicted octanol–water partition coefficient (Wildman–Crippen LogP) is 5.42. The molecule has 1 aliphatic carbocycles. The van der Waals surface area contributed by atoms with Crippen molar-refractivity contribution >= 4 is 23.5 Å². The van der Waals surface area contributed by atoms with Gasteiger partial charge in [0.25, 0.3) is 0 Å². The van der Waals surface area contributed by atoms with Gasteiger partial charge in [-0.2, -0.15) is 5.26 Å². The van der Waals surface area contributed by atoms with Gasteiger partial charge in [0.2, 0.25) is 5.90 Å². The molecule has 2 aliphatic rings. The molecule has 4 rings (SSSR count). The quantitative estimate of drug-likeness (QED) is 0.257. The van der Waals surface area contributed by atoms with Gasteiger partial charge in [-0.15, -0.1) is 0 Å². The van der Waals surface area contributed by atoms with Gasteiger partial charge in [-0.3, -0.25) is 10.0 Å². The minimum absolute atomic E-state index is 0.00142. The summed E-state index contributed by atoms with van der Waals surface area (Å²) in [5.41, 5.74) is 5.63. The van der Waals surface area contributed by atoms with Crippen LogP contribution in [0, 0.1) is 11.3 Å². The lowest BCUT2D eigenvalue weighted by Crippen LogP contribution is -2.44. The predicted molar refractivity (Wildman–Crippen MR) is 165 cm³/mol. The standard InChI is InChI=1S/C23H24N2O2.C6H15N3S.C2H6/c1-15(2)27-22-12-11-18(13-19(22)14-24)23(26-4)25-16(3)20-9-5-7-17-8-6-10-21(17)20;7-10-6-5-9-3-1-8-2-4-9;1-2/h5,7,9,11-13,15H,3,6,8,10H2,1-2,4H3;8H,1-7H2;1-2H3. The summed E-state index contributed by atoms with van der Waals surface area (Å²) >= 11 is 1.43. The van der Waals surface area contributed by atoms with E-state index in [1.807, 2.05) is 33.8 Å². The van der Waals surface area contributed by atoms with Gasteiger partial charge in [0.05, 0.1) is 24.5 Å². The van der Waals surface area contributed by atoms with E-state index in [1.165, 1.54) is 42.6 Å². The van der Waals surface area contributed by atoms with Gasteiger partial charge >= 0.3 is 0 Å². The lowest BCUT2D eigenvalue weighted by atomic mass is 10.0. The molecule has 0 unspecified atom stereocenters. The number of aliphatic imine (C=N–C) groups is 1. The zero-order valence-electron chi connectivity index (χ0n) is 24.3. The minimum atomic E-state index is -0.00142. The highest BCUT2D eigenvalue weighted by Crippen LogP contribution is 2.30. The molecule has 2 aromatic rings. The number of rotatable bonds is 8. The molecule has 0 aromatic heterocycles. The molecular formula is C31H45N5O2S. The van der Waals surface area contributed by atoms with Gasteiger partial charge in [0.1, 0.15) is 11.8 Å². The first kappa shape index (κ1) is 32.4. The summed E-state index contributed by atoms with van der Waals surface area (Å²) in [7, 11) is 1.58. The smallest absolute Gasteiger partial charge is 0.221 e. The van der Waals surface area contributed by atoms with Crippen LogP contribution < -0.4 is 15.2 Å². The van der Waals surface area contributed by atoms with Gasteiger partial charge in [-0.05, 0) is 62.4 Å². The molecule has 3 N–H and O–H groups in total. The lowest BCUT2D eigenvalue weighted by Gasteiger charge is -2.26. The van der Waals surface area contributed by atoms with Crippen molar-refractivity contribution in [2.75, 3.05) is 45.6 Å². The lowest BCUT2D eigenvalue weighted by molar-refractivity contribution is 0.241. The maximum Gasteiger partial charge on any atom is 0.221 e. The van der Waals surface area contributed by atoms with Crippen LogP contribution in [0.1, 0.15) is 61.9 Å². The SMILES string of the molecule is C=C(N=C(OC)c1ccc(OC(C)C)c(C#N)c1)c1cccc2c1CCC2.CC.NSCCN1CCNCC1. The Morgan fingerprint density at radius 3 is 2.59 bits per heavy atom. The Bertz CT molecular complexity index is 1120. The Hall–Kier alpha value is -2.83. The Morgan fingerprint density at radius 2 is 1.95 bits per heavy atom. The second-order valence-electron chi connectivity index (χ2n) is 9.32. The third kappa shape index (κ3) is 10.0. The number of benzene rings is 2. The van der Waals surface area contributed by atoms with Crippen LogP contribution in [-0.2, 0) is 17.6 Å². The van der Waals surface area contributed by atoms with Crippen LogP contribution in [0.4, 0.5) is 0 Å². The molecule has 0 spiro atoms. The number of fused-ring (bicyclic) bond motifs is 1. The van der Waals surface area contributed by atoms with E-state index >= 15 is 0 Å². The summed E-state index contributed by atoms with van der Waals surface area (Å²) in [5, 5.41) is 18.1. The molecule has 0 amide bonds. The molecule has 8 heteroatoms. The molecule has 1 heterocycles. The number of nitriles is 1. The summed E-state index contributed by atoms with van der Waals surface area (Å²) in [6.45, 7) is 17.8. The number of piperazine rings is 1. The molecule has 1 saturated heterocycles. The Balaban J connectivity index is 0.000000372. The summed E-state index contributed by atoms with van der Waals surface area (Å²) in [6.07, 6.45) is 3.34. The van der Waals surface area contributed by atoms with Crippen molar-refractivity contribution in [1.29, 1.82) is 5.26 Å². The van der Waals surface area contributed by atoms with Gasteiger partial charge in [-0.25, -0.2) is 4.99 Å². The fraction of sp³-hybridized carbons (Fsp3) is 0.484. The van der Waals surface area contributed by atoms with Crippen LogP contribution in [0.5, 0.6) is 5.75 Å². The largest absolute Gasteiger partial charge is 0.490 e. The molecule has 0 bridgehead atoms. The normalized spacial score (nSPS) is 14.8. The van der Waals surface area contributed by atoms with Gasteiger partial charge < -0.3 is 14.8 Å². The van der Waals surface area contributed by atoms with Gasteiger partial charge in [0.15, 0.2) is 0 Å². The van der Waals surface area contributed by atoms with E-state index in [0.29, 0.717) is 22.9 Å². The maximum absolute atomic E-state index is 9.45. The molecule has 39 heavy (non-hydrogen) atoms. The van der Waals surface area contributed by atoms with Crippen LogP contribution in [0.3, 0.4) is 0 Å². The second kappa shape index (κ2) is 17.7.